The van der Waals surface area contributed by atoms with Crippen molar-refractivity contribution < 1.29 is 27.8 Å². The smallest absolute Gasteiger partial charge is 0.317 e. The lowest BCUT2D eigenvalue weighted by Gasteiger charge is -2.33. The summed E-state index contributed by atoms with van der Waals surface area (Å²) in [6.45, 7) is 2.82. The fraction of sp³-hybridized carbons (Fsp3) is 0.562. The number of morpholine rings is 1. The van der Waals surface area contributed by atoms with Gasteiger partial charge in [0.25, 0.3) is 0 Å². The molecular weight excluding hydrogens is 322 g/mol. The van der Waals surface area contributed by atoms with Gasteiger partial charge in [0.15, 0.2) is 11.6 Å². The molecule has 1 aliphatic rings. The minimum absolute atomic E-state index is 0.235. The number of rotatable bonds is 7. The summed E-state index contributed by atoms with van der Waals surface area (Å²) in [5, 5.41) is 2.75. The molecule has 2 rings (SSSR count). The highest BCUT2D eigenvalue weighted by molar-refractivity contribution is 5.74. The van der Waals surface area contributed by atoms with E-state index in [0.717, 1.165) is 12.1 Å². The first-order valence-electron chi connectivity index (χ1n) is 7.78. The number of hydrogen-bond donors (Lipinski definition) is 1. The molecule has 1 fully saturated rings. The maximum Gasteiger partial charge on any atom is 0.317 e. The second-order valence-electron chi connectivity index (χ2n) is 5.32. The molecule has 134 valence electrons. The van der Waals surface area contributed by atoms with Crippen LogP contribution in [0.1, 0.15) is 11.7 Å². The molecule has 1 heterocycles. The van der Waals surface area contributed by atoms with Gasteiger partial charge >= 0.3 is 6.03 Å². The molecule has 1 saturated heterocycles. The molecule has 1 N–H and O–H groups in total. The van der Waals surface area contributed by atoms with Crippen LogP contribution < -0.4 is 5.32 Å². The largest absolute Gasteiger partial charge is 0.382 e. The quantitative estimate of drug-likeness (QED) is 0.765. The Balaban J connectivity index is 1.79. The summed E-state index contributed by atoms with van der Waals surface area (Å²) in [4.78, 5) is 13.7. The number of hydrogen-bond acceptors (Lipinski definition) is 4. The molecule has 1 aromatic rings. The van der Waals surface area contributed by atoms with Gasteiger partial charge in [0.05, 0.1) is 33.0 Å². The molecule has 1 aliphatic heterocycles. The Hall–Kier alpha value is -1.77. The van der Waals surface area contributed by atoms with Gasteiger partial charge in [0.2, 0.25) is 0 Å². The molecular formula is C16H22F2N2O4. The van der Waals surface area contributed by atoms with Crippen molar-refractivity contribution in [2.75, 3.05) is 53.2 Å². The average molecular weight is 344 g/mol. The standard InChI is InChI=1S/C16H22F2N2O4/c1-22-8-9-23-6-4-19-16(21)20-5-7-24-15(11-20)12-2-3-13(17)14(18)10-12/h2-3,10,15H,4-9,11H2,1H3,(H,19,21). The Kier molecular flexibility index (Phi) is 7.36. The topological polar surface area (TPSA) is 60.0 Å². The number of urea groups is 1. The van der Waals surface area contributed by atoms with E-state index in [2.05, 4.69) is 5.32 Å². The highest BCUT2D eigenvalue weighted by atomic mass is 19.2. The monoisotopic (exact) mass is 344 g/mol. The summed E-state index contributed by atoms with van der Waals surface area (Å²) in [7, 11) is 1.59. The van der Waals surface area contributed by atoms with Crippen molar-refractivity contribution >= 4 is 6.03 Å². The Morgan fingerprint density at radius 3 is 2.92 bits per heavy atom. The van der Waals surface area contributed by atoms with Gasteiger partial charge in [-0.2, -0.15) is 0 Å². The number of benzene rings is 1. The first-order valence-corrected chi connectivity index (χ1v) is 7.78. The minimum Gasteiger partial charge on any atom is -0.382 e. The molecule has 0 aromatic heterocycles. The van der Waals surface area contributed by atoms with Crippen LogP contribution in [0.5, 0.6) is 0 Å². The third-order valence-corrected chi connectivity index (χ3v) is 3.62. The summed E-state index contributed by atoms with van der Waals surface area (Å²) in [6.07, 6.45) is -0.474. The van der Waals surface area contributed by atoms with E-state index in [9.17, 15) is 13.6 Å². The first kappa shape index (κ1) is 18.6. The average Bonchev–Trinajstić information content (AvgIpc) is 2.60. The molecule has 0 radical (unpaired) electrons. The van der Waals surface area contributed by atoms with Gasteiger partial charge in [-0.15, -0.1) is 0 Å². The number of carbonyl (C=O) groups excluding carboxylic acids is 1. The van der Waals surface area contributed by atoms with Crippen LogP contribution in [-0.2, 0) is 14.2 Å². The van der Waals surface area contributed by atoms with Crippen molar-refractivity contribution in [2.24, 2.45) is 0 Å². The van der Waals surface area contributed by atoms with Crippen LogP contribution in [-0.4, -0.2) is 64.1 Å². The van der Waals surface area contributed by atoms with E-state index >= 15 is 0 Å². The Bertz CT molecular complexity index is 545. The first-order chi connectivity index (χ1) is 11.6. The third-order valence-electron chi connectivity index (χ3n) is 3.62. The molecule has 1 atom stereocenters. The SMILES string of the molecule is COCCOCCNC(=O)N1CCOC(c2ccc(F)c(F)c2)C1. The second kappa shape index (κ2) is 9.51. The van der Waals surface area contributed by atoms with Gasteiger partial charge in [-0.1, -0.05) is 6.07 Å². The van der Waals surface area contributed by atoms with Crippen molar-refractivity contribution in [3.8, 4) is 0 Å². The summed E-state index contributed by atoms with van der Waals surface area (Å²) in [5.74, 6) is -1.83. The number of nitrogens with one attached hydrogen (secondary N) is 1. The summed E-state index contributed by atoms with van der Waals surface area (Å²) >= 11 is 0. The Morgan fingerprint density at radius 1 is 1.33 bits per heavy atom. The number of halogens is 2. The van der Waals surface area contributed by atoms with Gasteiger partial charge in [-0.25, -0.2) is 13.6 Å². The molecule has 0 aliphatic carbocycles. The summed E-state index contributed by atoms with van der Waals surface area (Å²) < 4.78 is 42.0. The number of methoxy groups -OCH3 is 1. The van der Waals surface area contributed by atoms with E-state index in [0.29, 0.717) is 45.1 Å². The van der Waals surface area contributed by atoms with E-state index in [4.69, 9.17) is 14.2 Å². The number of amides is 2. The molecule has 0 saturated carbocycles. The minimum atomic E-state index is -0.925. The van der Waals surface area contributed by atoms with Gasteiger partial charge < -0.3 is 24.4 Å². The molecule has 2 amide bonds. The van der Waals surface area contributed by atoms with E-state index in [1.807, 2.05) is 0 Å². The van der Waals surface area contributed by atoms with Crippen LogP contribution in [0, 0.1) is 11.6 Å². The number of nitrogens with zero attached hydrogens (tertiary/aromatic N) is 1. The predicted molar refractivity (Wildman–Crippen MR) is 82.7 cm³/mol. The Morgan fingerprint density at radius 2 is 2.17 bits per heavy atom. The zero-order valence-corrected chi connectivity index (χ0v) is 13.6. The van der Waals surface area contributed by atoms with E-state index in [1.54, 1.807) is 12.0 Å². The van der Waals surface area contributed by atoms with Gasteiger partial charge in [-0.05, 0) is 17.7 Å². The normalized spacial score (nSPS) is 17.8. The highest BCUT2D eigenvalue weighted by Crippen LogP contribution is 2.23. The molecule has 1 aromatic carbocycles. The maximum absolute atomic E-state index is 13.3. The van der Waals surface area contributed by atoms with Gasteiger partial charge in [0, 0.05) is 20.2 Å². The fourth-order valence-corrected chi connectivity index (χ4v) is 2.33. The van der Waals surface area contributed by atoms with Crippen LogP contribution >= 0.6 is 0 Å². The van der Waals surface area contributed by atoms with Gasteiger partial charge in [-0.3, -0.25) is 0 Å². The molecule has 8 heteroatoms. The van der Waals surface area contributed by atoms with E-state index in [-0.39, 0.29) is 12.6 Å². The number of ether oxygens (including phenoxy) is 3. The van der Waals surface area contributed by atoms with Crippen molar-refractivity contribution in [3.63, 3.8) is 0 Å². The molecule has 0 spiro atoms. The predicted octanol–water partition coefficient (Wildman–Crippen LogP) is 1.71. The lowest BCUT2D eigenvalue weighted by molar-refractivity contribution is -0.0158. The van der Waals surface area contributed by atoms with Crippen LogP contribution in [0.4, 0.5) is 13.6 Å². The van der Waals surface area contributed by atoms with Crippen LogP contribution in [0.2, 0.25) is 0 Å². The van der Waals surface area contributed by atoms with Gasteiger partial charge in [0.1, 0.15) is 6.10 Å². The molecule has 1 unspecified atom stereocenters. The van der Waals surface area contributed by atoms with Crippen molar-refractivity contribution in [2.45, 2.75) is 6.10 Å². The molecule has 24 heavy (non-hydrogen) atoms. The summed E-state index contributed by atoms with van der Waals surface area (Å²) in [5.41, 5.74) is 0.509. The van der Waals surface area contributed by atoms with Crippen molar-refractivity contribution in [3.05, 3.63) is 35.4 Å². The van der Waals surface area contributed by atoms with Crippen molar-refractivity contribution in [1.29, 1.82) is 0 Å². The highest BCUT2D eigenvalue weighted by Gasteiger charge is 2.25. The van der Waals surface area contributed by atoms with Crippen LogP contribution in [0.3, 0.4) is 0 Å². The van der Waals surface area contributed by atoms with Crippen molar-refractivity contribution in [1.82, 2.24) is 10.2 Å². The van der Waals surface area contributed by atoms with E-state index in [1.165, 1.54) is 6.07 Å². The summed E-state index contributed by atoms with van der Waals surface area (Å²) in [6, 6.07) is 3.39. The molecule has 6 nitrogen and oxygen atoms in total. The zero-order chi connectivity index (χ0) is 17.4. The second-order valence-corrected chi connectivity index (χ2v) is 5.32. The lowest BCUT2D eigenvalue weighted by Crippen LogP contribution is -2.47. The lowest BCUT2D eigenvalue weighted by atomic mass is 10.1. The van der Waals surface area contributed by atoms with Crippen LogP contribution in [0.25, 0.3) is 0 Å². The van der Waals surface area contributed by atoms with Crippen LogP contribution in [0.15, 0.2) is 18.2 Å². The third kappa shape index (κ3) is 5.40. The fourth-order valence-electron chi connectivity index (χ4n) is 2.33. The Labute approximate surface area is 139 Å². The maximum atomic E-state index is 13.3. The number of carbonyl (C=O) groups is 1. The molecule has 0 bridgehead atoms. The van der Waals surface area contributed by atoms with E-state index < -0.39 is 17.7 Å². The zero-order valence-electron chi connectivity index (χ0n) is 13.6.